The van der Waals surface area contributed by atoms with Crippen LogP contribution in [0.3, 0.4) is 0 Å². The summed E-state index contributed by atoms with van der Waals surface area (Å²) in [5, 5.41) is 0. The van der Waals surface area contributed by atoms with Crippen LogP contribution in [-0.2, 0) is 0 Å². The van der Waals surface area contributed by atoms with Gasteiger partial charge in [-0.15, -0.1) is 0 Å². The predicted molar refractivity (Wildman–Crippen MR) is 82.6 cm³/mol. The van der Waals surface area contributed by atoms with Gasteiger partial charge < -0.3 is 10.3 Å². The molecule has 1 aliphatic carbocycles. The van der Waals surface area contributed by atoms with E-state index in [1.54, 1.807) is 0 Å². The van der Waals surface area contributed by atoms with Crippen molar-refractivity contribution in [2.24, 2.45) is 0 Å². The van der Waals surface area contributed by atoms with E-state index in [0.29, 0.717) is 6.04 Å². The predicted octanol–water partition coefficient (Wildman–Crippen LogP) is 3.93. The zero-order valence-electron chi connectivity index (χ0n) is 11.5. The van der Waals surface area contributed by atoms with E-state index in [-0.39, 0.29) is 0 Å². The minimum Gasteiger partial charge on any atom is -0.399 e. The van der Waals surface area contributed by atoms with E-state index >= 15 is 0 Å². The van der Waals surface area contributed by atoms with Crippen LogP contribution in [0.1, 0.15) is 24.4 Å². The summed E-state index contributed by atoms with van der Waals surface area (Å²) < 4.78 is 2.40. The normalized spacial score (nSPS) is 14.8. The maximum atomic E-state index is 5.86. The molecule has 1 heterocycles. The molecular formula is C17H17N3. The van der Waals surface area contributed by atoms with E-state index in [1.807, 2.05) is 18.2 Å². The van der Waals surface area contributed by atoms with Crippen LogP contribution < -0.4 is 5.73 Å². The van der Waals surface area contributed by atoms with Crippen LogP contribution in [0, 0.1) is 6.92 Å². The Bertz CT molecular complexity index is 797. The van der Waals surface area contributed by atoms with Crippen molar-refractivity contribution in [3.05, 3.63) is 48.0 Å². The van der Waals surface area contributed by atoms with Gasteiger partial charge in [-0.05, 0) is 55.7 Å². The summed E-state index contributed by atoms with van der Waals surface area (Å²) in [5.41, 5.74) is 11.3. The monoisotopic (exact) mass is 263 g/mol. The minimum absolute atomic E-state index is 0.606. The average molecular weight is 263 g/mol. The minimum atomic E-state index is 0.606. The van der Waals surface area contributed by atoms with Crippen molar-refractivity contribution in [3.8, 4) is 11.4 Å². The average Bonchev–Trinajstić information content (AvgIpc) is 3.19. The molecule has 1 saturated carbocycles. The third-order valence-corrected chi connectivity index (χ3v) is 4.00. The first-order chi connectivity index (χ1) is 9.74. The van der Waals surface area contributed by atoms with Crippen LogP contribution in [0.4, 0.5) is 5.69 Å². The van der Waals surface area contributed by atoms with E-state index in [1.165, 1.54) is 29.5 Å². The third-order valence-electron chi connectivity index (χ3n) is 4.00. The Kier molecular flexibility index (Phi) is 2.36. The van der Waals surface area contributed by atoms with Crippen molar-refractivity contribution < 1.29 is 0 Å². The van der Waals surface area contributed by atoms with E-state index in [9.17, 15) is 0 Å². The SMILES string of the molecule is Cc1cc(N)ccc1-c1nc2ccccc2n1C1CC1. The van der Waals surface area contributed by atoms with Gasteiger partial charge in [-0.25, -0.2) is 4.98 Å². The molecule has 4 rings (SSSR count). The molecule has 0 saturated heterocycles. The molecule has 100 valence electrons. The Morgan fingerprint density at radius 1 is 1.15 bits per heavy atom. The highest BCUT2D eigenvalue weighted by Crippen LogP contribution is 2.41. The Labute approximate surface area is 118 Å². The lowest BCUT2D eigenvalue weighted by Crippen LogP contribution is -1.99. The molecule has 0 unspecified atom stereocenters. The summed E-state index contributed by atoms with van der Waals surface area (Å²) in [7, 11) is 0. The summed E-state index contributed by atoms with van der Waals surface area (Å²) in [6.07, 6.45) is 2.50. The molecule has 1 fully saturated rings. The molecule has 0 aliphatic heterocycles. The number of aryl methyl sites for hydroxylation is 1. The smallest absolute Gasteiger partial charge is 0.141 e. The van der Waals surface area contributed by atoms with Crippen LogP contribution in [-0.4, -0.2) is 9.55 Å². The topological polar surface area (TPSA) is 43.8 Å². The first kappa shape index (κ1) is 11.5. The highest BCUT2D eigenvalue weighted by Gasteiger charge is 2.28. The number of hydrogen-bond donors (Lipinski definition) is 1. The number of fused-ring (bicyclic) bond motifs is 1. The lowest BCUT2D eigenvalue weighted by Gasteiger charge is -2.10. The quantitative estimate of drug-likeness (QED) is 0.712. The van der Waals surface area contributed by atoms with E-state index in [4.69, 9.17) is 10.7 Å². The number of rotatable bonds is 2. The van der Waals surface area contributed by atoms with Crippen LogP contribution in [0.25, 0.3) is 22.4 Å². The Morgan fingerprint density at radius 3 is 2.70 bits per heavy atom. The van der Waals surface area contributed by atoms with Crippen LogP contribution in [0.2, 0.25) is 0 Å². The summed E-state index contributed by atoms with van der Waals surface area (Å²) in [6, 6.07) is 15.1. The van der Waals surface area contributed by atoms with E-state index in [2.05, 4.69) is 35.8 Å². The zero-order valence-corrected chi connectivity index (χ0v) is 11.5. The Morgan fingerprint density at radius 2 is 1.95 bits per heavy atom. The first-order valence-corrected chi connectivity index (χ1v) is 7.07. The van der Waals surface area contributed by atoms with Crippen LogP contribution in [0.5, 0.6) is 0 Å². The largest absolute Gasteiger partial charge is 0.399 e. The van der Waals surface area contributed by atoms with Gasteiger partial charge in [-0.2, -0.15) is 0 Å². The van der Waals surface area contributed by atoms with Gasteiger partial charge in [0, 0.05) is 17.3 Å². The molecule has 2 aromatic carbocycles. The van der Waals surface area contributed by atoms with E-state index < -0.39 is 0 Å². The van der Waals surface area contributed by atoms with Gasteiger partial charge in [0.05, 0.1) is 11.0 Å². The number of imidazole rings is 1. The highest BCUT2D eigenvalue weighted by molar-refractivity contribution is 5.82. The molecule has 0 radical (unpaired) electrons. The number of para-hydroxylation sites is 2. The van der Waals surface area contributed by atoms with Crippen molar-refractivity contribution in [3.63, 3.8) is 0 Å². The van der Waals surface area contributed by atoms with Gasteiger partial charge >= 0.3 is 0 Å². The van der Waals surface area contributed by atoms with Crippen molar-refractivity contribution in [1.29, 1.82) is 0 Å². The fourth-order valence-electron chi connectivity index (χ4n) is 2.87. The second kappa shape index (κ2) is 4.10. The summed E-state index contributed by atoms with van der Waals surface area (Å²) >= 11 is 0. The van der Waals surface area contributed by atoms with Crippen LogP contribution in [0.15, 0.2) is 42.5 Å². The molecule has 3 heteroatoms. The second-order valence-corrected chi connectivity index (χ2v) is 5.60. The number of hydrogen-bond acceptors (Lipinski definition) is 2. The van der Waals surface area contributed by atoms with Gasteiger partial charge in [0.15, 0.2) is 0 Å². The Balaban J connectivity index is 2.01. The zero-order chi connectivity index (χ0) is 13.7. The fourth-order valence-corrected chi connectivity index (χ4v) is 2.87. The maximum absolute atomic E-state index is 5.86. The first-order valence-electron chi connectivity index (χ1n) is 7.07. The summed E-state index contributed by atoms with van der Waals surface area (Å²) in [6.45, 7) is 2.10. The number of anilines is 1. The summed E-state index contributed by atoms with van der Waals surface area (Å²) in [4.78, 5) is 4.86. The molecule has 0 spiro atoms. The standard InChI is InChI=1S/C17H17N3/c1-11-10-12(18)6-9-14(11)17-19-15-4-2-3-5-16(15)20(17)13-7-8-13/h2-6,9-10,13H,7-8,18H2,1H3. The number of nitrogens with zero attached hydrogens (tertiary/aromatic N) is 2. The Hall–Kier alpha value is -2.29. The number of nitrogen functional groups attached to an aromatic ring is 1. The fraction of sp³-hybridized carbons (Fsp3) is 0.235. The number of nitrogens with two attached hydrogens (primary N) is 1. The molecule has 0 bridgehead atoms. The lowest BCUT2D eigenvalue weighted by atomic mass is 10.1. The second-order valence-electron chi connectivity index (χ2n) is 5.60. The van der Waals surface area contributed by atoms with Crippen molar-refractivity contribution in [2.75, 3.05) is 5.73 Å². The summed E-state index contributed by atoms with van der Waals surface area (Å²) in [5.74, 6) is 1.08. The van der Waals surface area contributed by atoms with Gasteiger partial charge in [-0.1, -0.05) is 12.1 Å². The molecule has 3 aromatic rings. The molecule has 3 nitrogen and oxygen atoms in total. The van der Waals surface area contributed by atoms with Crippen molar-refractivity contribution in [2.45, 2.75) is 25.8 Å². The molecule has 1 aromatic heterocycles. The van der Waals surface area contributed by atoms with Crippen molar-refractivity contribution >= 4 is 16.7 Å². The molecule has 20 heavy (non-hydrogen) atoms. The molecule has 0 atom stereocenters. The molecule has 0 amide bonds. The maximum Gasteiger partial charge on any atom is 0.141 e. The molecular weight excluding hydrogens is 246 g/mol. The van der Waals surface area contributed by atoms with Gasteiger partial charge in [0.25, 0.3) is 0 Å². The van der Waals surface area contributed by atoms with E-state index in [0.717, 1.165) is 17.0 Å². The molecule has 2 N–H and O–H groups in total. The van der Waals surface area contributed by atoms with Gasteiger partial charge in [-0.3, -0.25) is 0 Å². The number of aromatic nitrogens is 2. The van der Waals surface area contributed by atoms with Crippen LogP contribution >= 0.6 is 0 Å². The third kappa shape index (κ3) is 1.70. The van der Waals surface area contributed by atoms with Gasteiger partial charge in [0.2, 0.25) is 0 Å². The lowest BCUT2D eigenvalue weighted by molar-refractivity contribution is 0.775. The van der Waals surface area contributed by atoms with Gasteiger partial charge in [0.1, 0.15) is 5.82 Å². The highest BCUT2D eigenvalue weighted by atomic mass is 15.1. The van der Waals surface area contributed by atoms with Crippen molar-refractivity contribution in [1.82, 2.24) is 9.55 Å². The molecule has 1 aliphatic rings. The number of benzene rings is 2.